The quantitative estimate of drug-likeness (QED) is 0.637. The van der Waals surface area contributed by atoms with Crippen molar-refractivity contribution in [3.05, 3.63) is 0 Å². The molecule has 0 aromatic heterocycles. The molecule has 0 radical (unpaired) electrons. The van der Waals surface area contributed by atoms with E-state index in [2.05, 4.69) is 5.32 Å². The van der Waals surface area contributed by atoms with Gasteiger partial charge >= 0.3 is 6.09 Å². The minimum Gasteiger partial charge on any atom is -0.446 e. The van der Waals surface area contributed by atoms with Crippen LogP contribution in [0.2, 0.25) is 0 Å². The average Bonchev–Trinajstić information content (AvgIpc) is 1.87. The van der Waals surface area contributed by atoms with Crippen molar-refractivity contribution in [2.75, 3.05) is 7.05 Å². The smallest absolute Gasteiger partial charge is 0.407 e. The Morgan fingerprint density at radius 3 is 2.20 bits per heavy atom. The molecule has 0 aliphatic rings. The van der Waals surface area contributed by atoms with E-state index in [0.29, 0.717) is 5.92 Å². The van der Waals surface area contributed by atoms with Crippen LogP contribution in [0.4, 0.5) is 4.79 Å². The minimum atomic E-state index is -0.360. The number of nitrogens with one attached hydrogen (secondary N) is 1. The Bertz CT molecular complexity index is 112. The third kappa shape index (κ3) is 3.33. The van der Waals surface area contributed by atoms with E-state index in [0.717, 1.165) is 0 Å². The van der Waals surface area contributed by atoms with Gasteiger partial charge in [0.25, 0.3) is 0 Å². The molecule has 0 aromatic carbocycles. The molecule has 3 heteroatoms. The zero-order valence-corrected chi connectivity index (χ0v) is 6.97. The van der Waals surface area contributed by atoms with Crippen LogP contribution in [-0.2, 0) is 4.74 Å². The van der Waals surface area contributed by atoms with Crippen LogP contribution in [-0.4, -0.2) is 19.2 Å². The highest BCUT2D eigenvalue weighted by Gasteiger charge is 2.10. The Hall–Kier alpha value is -0.730. The predicted octanol–water partition coefficient (Wildman–Crippen LogP) is 1.39. The SMILES string of the molecule is CNC(=O)O[C@H](C)C(C)C. The summed E-state index contributed by atoms with van der Waals surface area (Å²) in [4.78, 5) is 10.6. The number of carbonyl (C=O) groups excluding carboxylic acids is 1. The molecule has 0 saturated heterocycles. The number of hydrogen-bond acceptors (Lipinski definition) is 2. The van der Waals surface area contributed by atoms with Crippen LogP contribution in [0, 0.1) is 5.92 Å². The lowest BCUT2D eigenvalue weighted by molar-refractivity contribution is 0.0838. The summed E-state index contributed by atoms with van der Waals surface area (Å²) in [7, 11) is 1.55. The molecule has 0 fully saturated rings. The summed E-state index contributed by atoms with van der Waals surface area (Å²) in [5.41, 5.74) is 0. The standard InChI is InChI=1S/C7H15NO2/c1-5(2)6(3)10-7(9)8-4/h5-6H,1-4H3,(H,8,9)/t6-/m1/s1. The first kappa shape index (κ1) is 9.27. The lowest BCUT2D eigenvalue weighted by atomic mass is 10.1. The van der Waals surface area contributed by atoms with Crippen molar-refractivity contribution in [1.29, 1.82) is 0 Å². The molecule has 0 aromatic rings. The molecule has 0 aliphatic heterocycles. The molecule has 1 N–H and O–H groups in total. The van der Waals surface area contributed by atoms with Gasteiger partial charge in [-0.1, -0.05) is 13.8 Å². The largest absolute Gasteiger partial charge is 0.446 e. The fourth-order valence-corrected chi connectivity index (χ4v) is 0.364. The van der Waals surface area contributed by atoms with Crippen LogP contribution < -0.4 is 5.32 Å². The Morgan fingerprint density at radius 1 is 1.40 bits per heavy atom. The Kier molecular flexibility index (Phi) is 3.84. The Morgan fingerprint density at radius 2 is 1.90 bits per heavy atom. The van der Waals surface area contributed by atoms with Gasteiger partial charge in [-0.15, -0.1) is 0 Å². The summed E-state index contributed by atoms with van der Waals surface area (Å²) in [6.07, 6.45) is -0.374. The van der Waals surface area contributed by atoms with Crippen molar-refractivity contribution in [3.8, 4) is 0 Å². The first-order chi connectivity index (χ1) is 4.57. The van der Waals surface area contributed by atoms with Gasteiger partial charge in [0.1, 0.15) is 6.10 Å². The molecule has 0 rings (SSSR count). The second-order valence-corrected chi connectivity index (χ2v) is 2.60. The maximum atomic E-state index is 10.6. The van der Waals surface area contributed by atoms with Crippen LogP contribution in [0.25, 0.3) is 0 Å². The monoisotopic (exact) mass is 145 g/mol. The van der Waals surface area contributed by atoms with Crippen LogP contribution >= 0.6 is 0 Å². The zero-order valence-electron chi connectivity index (χ0n) is 6.97. The van der Waals surface area contributed by atoms with Crippen molar-refractivity contribution < 1.29 is 9.53 Å². The molecule has 0 saturated carbocycles. The second-order valence-electron chi connectivity index (χ2n) is 2.60. The predicted molar refractivity (Wildman–Crippen MR) is 39.8 cm³/mol. The van der Waals surface area contributed by atoms with E-state index in [9.17, 15) is 4.79 Å². The number of hydrogen-bond donors (Lipinski definition) is 1. The van der Waals surface area contributed by atoms with E-state index in [4.69, 9.17) is 4.74 Å². The molecule has 1 amide bonds. The number of alkyl carbamates (subject to hydrolysis) is 1. The highest BCUT2D eigenvalue weighted by molar-refractivity contribution is 5.66. The summed E-state index contributed by atoms with van der Waals surface area (Å²) < 4.78 is 4.91. The molecule has 3 nitrogen and oxygen atoms in total. The van der Waals surface area contributed by atoms with E-state index in [1.54, 1.807) is 7.05 Å². The highest BCUT2D eigenvalue weighted by atomic mass is 16.6. The van der Waals surface area contributed by atoms with Crippen LogP contribution in [0.1, 0.15) is 20.8 Å². The van der Waals surface area contributed by atoms with Gasteiger partial charge in [0, 0.05) is 7.05 Å². The van der Waals surface area contributed by atoms with Crippen molar-refractivity contribution >= 4 is 6.09 Å². The second kappa shape index (κ2) is 4.14. The van der Waals surface area contributed by atoms with Gasteiger partial charge in [-0.3, -0.25) is 0 Å². The molecule has 0 bridgehead atoms. The Labute approximate surface area is 61.8 Å². The molecule has 0 heterocycles. The lowest BCUT2D eigenvalue weighted by Crippen LogP contribution is -2.27. The summed E-state index contributed by atoms with van der Waals surface area (Å²) in [6.45, 7) is 5.89. The average molecular weight is 145 g/mol. The molecule has 0 spiro atoms. The fraction of sp³-hybridized carbons (Fsp3) is 0.857. The van der Waals surface area contributed by atoms with Crippen molar-refractivity contribution in [2.24, 2.45) is 5.92 Å². The van der Waals surface area contributed by atoms with E-state index < -0.39 is 0 Å². The Balaban J connectivity index is 3.57. The first-order valence-corrected chi connectivity index (χ1v) is 3.46. The molecule has 1 atom stereocenters. The van der Waals surface area contributed by atoms with E-state index in [1.165, 1.54) is 0 Å². The molecule has 10 heavy (non-hydrogen) atoms. The number of amides is 1. The molecule has 60 valence electrons. The summed E-state index contributed by atoms with van der Waals surface area (Å²) in [5.74, 6) is 0.372. The highest BCUT2D eigenvalue weighted by Crippen LogP contribution is 2.04. The van der Waals surface area contributed by atoms with E-state index in [1.807, 2.05) is 20.8 Å². The van der Waals surface area contributed by atoms with Crippen molar-refractivity contribution in [3.63, 3.8) is 0 Å². The summed E-state index contributed by atoms with van der Waals surface area (Å²) in [5, 5.41) is 2.39. The van der Waals surface area contributed by atoms with Crippen molar-refractivity contribution in [2.45, 2.75) is 26.9 Å². The minimum absolute atomic E-state index is 0.0139. The number of carbonyl (C=O) groups is 1. The fourth-order valence-electron chi connectivity index (χ4n) is 0.364. The normalized spacial score (nSPS) is 12.9. The van der Waals surface area contributed by atoms with Gasteiger partial charge in [-0.05, 0) is 12.8 Å². The van der Waals surface area contributed by atoms with E-state index in [-0.39, 0.29) is 12.2 Å². The van der Waals surface area contributed by atoms with Gasteiger partial charge < -0.3 is 10.1 Å². The molecular weight excluding hydrogens is 130 g/mol. The summed E-state index contributed by atoms with van der Waals surface area (Å²) in [6, 6.07) is 0. The summed E-state index contributed by atoms with van der Waals surface area (Å²) >= 11 is 0. The maximum absolute atomic E-state index is 10.6. The third-order valence-electron chi connectivity index (χ3n) is 1.44. The van der Waals surface area contributed by atoms with Crippen LogP contribution in [0.3, 0.4) is 0 Å². The van der Waals surface area contributed by atoms with E-state index >= 15 is 0 Å². The maximum Gasteiger partial charge on any atom is 0.407 e. The zero-order chi connectivity index (χ0) is 8.15. The molecular formula is C7H15NO2. The molecule has 0 unspecified atom stereocenters. The van der Waals surface area contributed by atoms with Gasteiger partial charge in [-0.2, -0.15) is 0 Å². The lowest BCUT2D eigenvalue weighted by Gasteiger charge is -2.15. The third-order valence-corrected chi connectivity index (χ3v) is 1.44. The van der Waals surface area contributed by atoms with Gasteiger partial charge in [0.15, 0.2) is 0 Å². The number of rotatable bonds is 2. The van der Waals surface area contributed by atoms with Gasteiger partial charge in [-0.25, -0.2) is 4.79 Å². The topological polar surface area (TPSA) is 38.3 Å². The van der Waals surface area contributed by atoms with Gasteiger partial charge in [0.05, 0.1) is 0 Å². The molecule has 0 aliphatic carbocycles. The number of ether oxygens (including phenoxy) is 1. The van der Waals surface area contributed by atoms with Crippen LogP contribution in [0.5, 0.6) is 0 Å². The first-order valence-electron chi connectivity index (χ1n) is 3.46. The van der Waals surface area contributed by atoms with Crippen molar-refractivity contribution in [1.82, 2.24) is 5.32 Å². The van der Waals surface area contributed by atoms with Crippen LogP contribution in [0.15, 0.2) is 0 Å². The van der Waals surface area contributed by atoms with Gasteiger partial charge in [0.2, 0.25) is 0 Å².